The van der Waals surface area contributed by atoms with Crippen LogP contribution in [0.25, 0.3) is 0 Å². The molecule has 0 spiro atoms. The number of benzene rings is 1. The van der Waals surface area contributed by atoms with Gasteiger partial charge in [-0.05, 0) is 62.2 Å². The van der Waals surface area contributed by atoms with E-state index in [0.717, 1.165) is 18.4 Å². The molecule has 0 heterocycles. The Morgan fingerprint density at radius 2 is 2.12 bits per heavy atom. The van der Waals surface area contributed by atoms with E-state index in [-0.39, 0.29) is 0 Å². The molecule has 2 heteroatoms. The largest absolute Gasteiger partial charge is 0.316 e. The lowest BCUT2D eigenvalue weighted by molar-refractivity contribution is 0.423. The molecule has 1 unspecified atom stereocenters. The topological polar surface area (TPSA) is 12.0 Å². The first-order valence-corrected chi connectivity index (χ1v) is 7.54. The molecular formula is C15H22BrN. The molecule has 0 radical (unpaired) electrons. The molecule has 1 aliphatic rings. The van der Waals surface area contributed by atoms with Gasteiger partial charge in [-0.15, -0.1) is 0 Å². The number of hydrogen-bond acceptors (Lipinski definition) is 1. The zero-order valence-corrected chi connectivity index (χ0v) is 12.2. The summed E-state index contributed by atoms with van der Waals surface area (Å²) >= 11 is 3.66. The lowest BCUT2D eigenvalue weighted by Gasteiger charge is -2.17. The Morgan fingerprint density at radius 1 is 1.35 bits per heavy atom. The van der Waals surface area contributed by atoms with Gasteiger partial charge in [0.1, 0.15) is 0 Å². The molecule has 1 fully saturated rings. The third-order valence-corrected chi connectivity index (χ3v) is 4.34. The predicted molar refractivity (Wildman–Crippen MR) is 77.2 cm³/mol. The van der Waals surface area contributed by atoms with Gasteiger partial charge in [-0.2, -0.15) is 0 Å². The monoisotopic (exact) mass is 295 g/mol. The Morgan fingerprint density at radius 3 is 2.76 bits per heavy atom. The summed E-state index contributed by atoms with van der Waals surface area (Å²) in [5.74, 6) is 1.78. The third kappa shape index (κ3) is 4.11. The summed E-state index contributed by atoms with van der Waals surface area (Å²) in [7, 11) is 0. The van der Waals surface area contributed by atoms with Crippen LogP contribution in [0.15, 0.2) is 28.7 Å². The molecule has 0 amide bonds. The zero-order chi connectivity index (χ0) is 12.1. The molecule has 0 saturated heterocycles. The van der Waals surface area contributed by atoms with Crippen molar-refractivity contribution in [1.82, 2.24) is 5.32 Å². The molecule has 1 N–H and O–H groups in total. The van der Waals surface area contributed by atoms with Gasteiger partial charge in [-0.25, -0.2) is 0 Å². The van der Waals surface area contributed by atoms with Gasteiger partial charge in [0.15, 0.2) is 0 Å². The van der Waals surface area contributed by atoms with E-state index < -0.39 is 0 Å². The first-order chi connectivity index (χ1) is 8.31. The van der Waals surface area contributed by atoms with Crippen LogP contribution in [0.1, 0.15) is 31.7 Å². The molecule has 2 rings (SSSR count). The van der Waals surface area contributed by atoms with Crippen molar-refractivity contribution in [3.8, 4) is 0 Å². The van der Waals surface area contributed by atoms with Gasteiger partial charge in [0.2, 0.25) is 0 Å². The SMILES string of the molecule is CCCNCC(Cc1ccccc1Br)C1CC1. The average molecular weight is 296 g/mol. The highest BCUT2D eigenvalue weighted by Gasteiger charge is 2.30. The lowest BCUT2D eigenvalue weighted by atomic mass is 9.94. The van der Waals surface area contributed by atoms with Crippen molar-refractivity contribution in [3.05, 3.63) is 34.3 Å². The predicted octanol–water partition coefficient (Wildman–Crippen LogP) is 4.02. The first-order valence-electron chi connectivity index (χ1n) is 6.75. The summed E-state index contributed by atoms with van der Waals surface area (Å²) in [6.45, 7) is 4.56. The van der Waals surface area contributed by atoms with Gasteiger partial charge < -0.3 is 5.32 Å². The zero-order valence-electron chi connectivity index (χ0n) is 10.6. The molecule has 1 aromatic rings. The van der Waals surface area contributed by atoms with Crippen molar-refractivity contribution < 1.29 is 0 Å². The summed E-state index contributed by atoms with van der Waals surface area (Å²) in [6.07, 6.45) is 5.31. The van der Waals surface area contributed by atoms with Crippen LogP contribution in [0.4, 0.5) is 0 Å². The highest BCUT2D eigenvalue weighted by molar-refractivity contribution is 9.10. The average Bonchev–Trinajstić information content (AvgIpc) is 3.15. The Labute approximate surface area is 113 Å². The van der Waals surface area contributed by atoms with Crippen molar-refractivity contribution in [2.75, 3.05) is 13.1 Å². The van der Waals surface area contributed by atoms with Crippen molar-refractivity contribution >= 4 is 15.9 Å². The molecule has 1 aromatic carbocycles. The van der Waals surface area contributed by atoms with Crippen molar-refractivity contribution in [2.24, 2.45) is 11.8 Å². The van der Waals surface area contributed by atoms with Crippen LogP contribution in [-0.2, 0) is 6.42 Å². The van der Waals surface area contributed by atoms with Gasteiger partial charge in [0.25, 0.3) is 0 Å². The fourth-order valence-electron chi connectivity index (χ4n) is 2.38. The normalized spacial score (nSPS) is 17.1. The van der Waals surface area contributed by atoms with Crippen LogP contribution < -0.4 is 5.32 Å². The van der Waals surface area contributed by atoms with E-state index in [1.807, 2.05) is 0 Å². The second kappa shape index (κ2) is 6.55. The molecule has 1 atom stereocenters. The molecule has 94 valence electrons. The lowest BCUT2D eigenvalue weighted by Crippen LogP contribution is -2.26. The Bertz CT molecular complexity index is 347. The molecule has 0 aromatic heterocycles. The standard InChI is InChI=1S/C15H22BrN/c1-2-9-17-11-14(12-7-8-12)10-13-5-3-4-6-15(13)16/h3-6,12,14,17H,2,7-11H2,1H3. The summed E-state index contributed by atoms with van der Waals surface area (Å²) in [6, 6.07) is 8.64. The van der Waals surface area contributed by atoms with E-state index in [9.17, 15) is 0 Å². The molecule has 17 heavy (non-hydrogen) atoms. The summed E-state index contributed by atoms with van der Waals surface area (Å²) < 4.78 is 1.26. The summed E-state index contributed by atoms with van der Waals surface area (Å²) in [5, 5.41) is 3.58. The maximum Gasteiger partial charge on any atom is 0.0207 e. The van der Waals surface area contributed by atoms with E-state index >= 15 is 0 Å². The highest BCUT2D eigenvalue weighted by atomic mass is 79.9. The maximum atomic E-state index is 3.66. The van der Waals surface area contributed by atoms with Crippen molar-refractivity contribution in [2.45, 2.75) is 32.6 Å². The fraction of sp³-hybridized carbons (Fsp3) is 0.600. The third-order valence-electron chi connectivity index (χ3n) is 3.56. The minimum Gasteiger partial charge on any atom is -0.316 e. The minimum atomic E-state index is 0.820. The first kappa shape index (κ1) is 13.1. The molecule has 0 aliphatic heterocycles. The fourth-order valence-corrected chi connectivity index (χ4v) is 2.83. The van der Waals surface area contributed by atoms with Crippen molar-refractivity contribution in [3.63, 3.8) is 0 Å². The number of hydrogen-bond donors (Lipinski definition) is 1. The van der Waals surface area contributed by atoms with E-state index in [1.54, 1.807) is 0 Å². The maximum absolute atomic E-state index is 3.66. The van der Waals surface area contributed by atoms with Gasteiger partial charge in [0.05, 0.1) is 0 Å². The molecule has 1 aliphatic carbocycles. The van der Waals surface area contributed by atoms with Gasteiger partial charge >= 0.3 is 0 Å². The van der Waals surface area contributed by atoms with Gasteiger partial charge in [-0.3, -0.25) is 0 Å². The van der Waals surface area contributed by atoms with Gasteiger partial charge in [-0.1, -0.05) is 41.1 Å². The second-order valence-corrected chi connectivity index (χ2v) is 5.95. The van der Waals surface area contributed by atoms with Crippen LogP contribution in [0.3, 0.4) is 0 Å². The number of nitrogens with one attached hydrogen (secondary N) is 1. The Kier molecular flexibility index (Phi) is 5.05. The van der Waals surface area contributed by atoms with Crippen LogP contribution >= 0.6 is 15.9 Å². The van der Waals surface area contributed by atoms with Crippen LogP contribution in [0.2, 0.25) is 0 Å². The minimum absolute atomic E-state index is 0.820. The van der Waals surface area contributed by atoms with E-state index in [0.29, 0.717) is 0 Å². The second-order valence-electron chi connectivity index (χ2n) is 5.10. The smallest absolute Gasteiger partial charge is 0.0207 e. The number of rotatable bonds is 7. The van der Waals surface area contributed by atoms with Crippen LogP contribution in [0, 0.1) is 11.8 Å². The summed E-state index contributed by atoms with van der Waals surface area (Å²) in [4.78, 5) is 0. The van der Waals surface area contributed by atoms with Crippen LogP contribution in [-0.4, -0.2) is 13.1 Å². The van der Waals surface area contributed by atoms with Crippen LogP contribution in [0.5, 0.6) is 0 Å². The van der Waals surface area contributed by atoms with Gasteiger partial charge in [0, 0.05) is 4.47 Å². The molecule has 1 saturated carbocycles. The Balaban J connectivity index is 1.91. The Hall–Kier alpha value is -0.340. The molecular weight excluding hydrogens is 274 g/mol. The summed E-state index contributed by atoms with van der Waals surface area (Å²) in [5.41, 5.74) is 1.46. The molecule has 0 bridgehead atoms. The van der Waals surface area contributed by atoms with E-state index in [2.05, 4.69) is 52.4 Å². The quantitative estimate of drug-likeness (QED) is 0.749. The molecule has 1 nitrogen and oxygen atoms in total. The van der Waals surface area contributed by atoms with E-state index in [4.69, 9.17) is 0 Å². The van der Waals surface area contributed by atoms with E-state index in [1.165, 1.54) is 42.3 Å². The highest BCUT2D eigenvalue weighted by Crippen LogP contribution is 2.38. The number of halogens is 1. The van der Waals surface area contributed by atoms with Crippen molar-refractivity contribution in [1.29, 1.82) is 0 Å².